The molecule has 166 valence electrons. The molecule has 0 aromatic heterocycles. The van der Waals surface area contributed by atoms with E-state index in [9.17, 15) is 13.2 Å². The van der Waals surface area contributed by atoms with Gasteiger partial charge < -0.3 is 9.64 Å². The normalized spacial score (nSPS) is 19.5. The van der Waals surface area contributed by atoms with Crippen LogP contribution in [0.15, 0.2) is 57.9 Å². The van der Waals surface area contributed by atoms with Crippen LogP contribution < -0.4 is 9.46 Å². The van der Waals surface area contributed by atoms with Gasteiger partial charge in [0.15, 0.2) is 5.78 Å². The lowest BCUT2D eigenvalue weighted by molar-refractivity contribution is 0.0967. The highest BCUT2D eigenvalue weighted by molar-refractivity contribution is 9.10. The van der Waals surface area contributed by atoms with Gasteiger partial charge in [-0.15, -0.1) is 0 Å². The van der Waals surface area contributed by atoms with Gasteiger partial charge >= 0.3 is 0 Å². The van der Waals surface area contributed by atoms with Crippen LogP contribution >= 0.6 is 15.9 Å². The first-order valence-electron chi connectivity index (χ1n) is 10.7. The highest BCUT2D eigenvalue weighted by Crippen LogP contribution is 2.32. The Hall–Kier alpha value is -1.74. The first-order valence-corrected chi connectivity index (χ1v) is 13.0. The second-order valence-electron chi connectivity index (χ2n) is 8.23. The third-order valence-electron chi connectivity index (χ3n) is 5.69. The number of sulfonamides is 1. The van der Waals surface area contributed by atoms with Gasteiger partial charge in [-0.1, -0.05) is 15.9 Å². The van der Waals surface area contributed by atoms with Gasteiger partial charge in [0.1, 0.15) is 5.75 Å². The molecule has 1 atom stereocenters. The average molecular weight is 507 g/mol. The quantitative estimate of drug-likeness (QED) is 0.391. The fourth-order valence-corrected chi connectivity index (χ4v) is 5.33. The van der Waals surface area contributed by atoms with E-state index in [-0.39, 0.29) is 22.6 Å². The SMILES string of the molecule is O=C(c1ccc(OCCCN2CCC(NS(=O)(=O)c3ccc(Br)cc3)C2)cc1)C1CC1. The molecule has 1 N–H and O–H groups in total. The number of nitrogens with one attached hydrogen (secondary N) is 1. The van der Waals surface area contributed by atoms with Crippen LogP contribution in [-0.2, 0) is 10.0 Å². The highest BCUT2D eigenvalue weighted by Gasteiger charge is 2.30. The summed E-state index contributed by atoms with van der Waals surface area (Å²) in [6.07, 6.45) is 3.68. The zero-order chi connectivity index (χ0) is 21.8. The molecule has 31 heavy (non-hydrogen) atoms. The Labute approximate surface area is 192 Å². The molecular weight excluding hydrogens is 480 g/mol. The lowest BCUT2D eigenvalue weighted by atomic mass is 10.1. The monoisotopic (exact) mass is 506 g/mol. The highest BCUT2D eigenvalue weighted by atomic mass is 79.9. The van der Waals surface area contributed by atoms with E-state index >= 15 is 0 Å². The van der Waals surface area contributed by atoms with E-state index < -0.39 is 10.0 Å². The van der Waals surface area contributed by atoms with E-state index in [1.54, 1.807) is 24.3 Å². The molecule has 2 aliphatic rings. The molecule has 2 aromatic carbocycles. The average Bonchev–Trinajstić information content (AvgIpc) is 3.52. The number of rotatable bonds is 10. The zero-order valence-corrected chi connectivity index (χ0v) is 19.7. The van der Waals surface area contributed by atoms with Crippen molar-refractivity contribution in [1.29, 1.82) is 0 Å². The summed E-state index contributed by atoms with van der Waals surface area (Å²) in [5.41, 5.74) is 0.767. The van der Waals surface area contributed by atoms with Crippen molar-refractivity contribution in [2.24, 2.45) is 5.92 Å². The Morgan fingerprint density at radius 3 is 2.45 bits per heavy atom. The second kappa shape index (κ2) is 9.81. The van der Waals surface area contributed by atoms with Crippen LogP contribution in [0.3, 0.4) is 0 Å². The molecular formula is C23H27BrN2O4S. The number of carbonyl (C=O) groups excluding carboxylic acids is 1. The maximum absolute atomic E-state index is 12.5. The van der Waals surface area contributed by atoms with Gasteiger partial charge in [0.05, 0.1) is 11.5 Å². The molecule has 0 radical (unpaired) electrons. The van der Waals surface area contributed by atoms with Gasteiger partial charge in [0.25, 0.3) is 0 Å². The molecule has 1 saturated heterocycles. The first kappa shape index (κ1) is 22.5. The number of nitrogens with zero attached hydrogens (tertiary/aromatic N) is 1. The molecule has 8 heteroatoms. The number of likely N-dealkylation sites (tertiary alicyclic amines) is 1. The largest absolute Gasteiger partial charge is 0.494 e. The zero-order valence-electron chi connectivity index (χ0n) is 17.3. The molecule has 6 nitrogen and oxygen atoms in total. The minimum Gasteiger partial charge on any atom is -0.494 e. The van der Waals surface area contributed by atoms with Crippen molar-refractivity contribution < 1.29 is 17.9 Å². The molecule has 0 bridgehead atoms. The minimum absolute atomic E-state index is 0.0777. The number of hydrogen-bond donors (Lipinski definition) is 1. The lowest BCUT2D eigenvalue weighted by Crippen LogP contribution is -2.37. The molecule has 2 fully saturated rings. The van der Waals surface area contributed by atoms with Crippen LogP contribution in [0.5, 0.6) is 5.75 Å². The van der Waals surface area contributed by atoms with Crippen molar-refractivity contribution in [2.45, 2.75) is 36.6 Å². The van der Waals surface area contributed by atoms with Crippen LogP contribution in [0.25, 0.3) is 0 Å². The van der Waals surface area contributed by atoms with Gasteiger partial charge in [-0.05, 0) is 80.8 Å². The summed E-state index contributed by atoms with van der Waals surface area (Å²) in [6.45, 7) is 3.01. The van der Waals surface area contributed by atoms with E-state index in [2.05, 4.69) is 25.6 Å². The number of benzene rings is 2. The summed E-state index contributed by atoms with van der Waals surface area (Å²) in [5.74, 6) is 1.25. The number of halogens is 1. The van der Waals surface area contributed by atoms with Crippen LogP contribution in [-0.4, -0.2) is 51.4 Å². The predicted octanol–water partition coefficient (Wildman–Crippen LogP) is 3.86. The van der Waals surface area contributed by atoms with E-state index in [1.807, 2.05) is 24.3 Å². The Bertz CT molecular complexity index is 1000. The Morgan fingerprint density at radius 2 is 1.77 bits per heavy atom. The third-order valence-corrected chi connectivity index (χ3v) is 7.76. The molecule has 2 aromatic rings. The number of ketones is 1. The lowest BCUT2D eigenvalue weighted by Gasteiger charge is -2.17. The second-order valence-corrected chi connectivity index (χ2v) is 10.9. The Balaban J connectivity index is 1.17. The summed E-state index contributed by atoms with van der Waals surface area (Å²) in [4.78, 5) is 14.6. The molecule has 1 aliphatic heterocycles. The summed E-state index contributed by atoms with van der Waals surface area (Å²) in [7, 11) is -3.50. The fraction of sp³-hybridized carbons (Fsp3) is 0.435. The standard InChI is InChI=1S/C23H27BrN2O4S/c24-19-6-10-22(11-7-19)31(28,29)25-20-12-14-26(16-20)13-1-15-30-21-8-4-18(5-9-21)23(27)17-2-3-17/h4-11,17,20,25H,1-3,12-16H2. The molecule has 1 aliphatic carbocycles. The molecule has 1 saturated carbocycles. The van der Waals surface area contributed by atoms with Gasteiger partial charge in [0.2, 0.25) is 10.0 Å². The van der Waals surface area contributed by atoms with Crippen molar-refractivity contribution in [2.75, 3.05) is 26.2 Å². The van der Waals surface area contributed by atoms with Crippen LogP contribution in [0.1, 0.15) is 36.0 Å². The van der Waals surface area contributed by atoms with Crippen molar-refractivity contribution in [3.63, 3.8) is 0 Å². The van der Waals surface area contributed by atoms with Crippen LogP contribution in [0.4, 0.5) is 0 Å². The molecule has 0 spiro atoms. The number of carbonyl (C=O) groups is 1. The predicted molar refractivity (Wildman–Crippen MR) is 123 cm³/mol. The molecule has 0 amide bonds. The van der Waals surface area contributed by atoms with Gasteiger partial charge in [-0.25, -0.2) is 13.1 Å². The van der Waals surface area contributed by atoms with Crippen molar-refractivity contribution >= 4 is 31.7 Å². The maximum atomic E-state index is 12.5. The molecule has 4 rings (SSSR count). The van der Waals surface area contributed by atoms with Crippen LogP contribution in [0, 0.1) is 5.92 Å². The number of ether oxygens (including phenoxy) is 1. The molecule has 1 heterocycles. The van der Waals surface area contributed by atoms with E-state index in [0.717, 1.165) is 54.6 Å². The summed E-state index contributed by atoms with van der Waals surface area (Å²) in [5, 5.41) is 0. The van der Waals surface area contributed by atoms with Crippen molar-refractivity contribution in [3.8, 4) is 5.75 Å². The smallest absolute Gasteiger partial charge is 0.240 e. The first-order chi connectivity index (χ1) is 14.9. The third kappa shape index (κ3) is 6.16. The summed E-state index contributed by atoms with van der Waals surface area (Å²) < 4.78 is 34.6. The van der Waals surface area contributed by atoms with Crippen molar-refractivity contribution in [1.82, 2.24) is 9.62 Å². The minimum atomic E-state index is -3.50. The van der Waals surface area contributed by atoms with E-state index in [0.29, 0.717) is 13.2 Å². The van der Waals surface area contributed by atoms with Crippen LogP contribution in [0.2, 0.25) is 0 Å². The Kier molecular flexibility index (Phi) is 7.11. The topological polar surface area (TPSA) is 75.7 Å². The fourth-order valence-electron chi connectivity index (χ4n) is 3.81. The van der Waals surface area contributed by atoms with Gasteiger partial charge in [-0.3, -0.25) is 4.79 Å². The Morgan fingerprint density at radius 1 is 1.06 bits per heavy atom. The van der Waals surface area contributed by atoms with E-state index in [1.165, 1.54) is 0 Å². The number of hydrogen-bond acceptors (Lipinski definition) is 5. The van der Waals surface area contributed by atoms with Gasteiger partial charge in [0, 0.05) is 35.1 Å². The van der Waals surface area contributed by atoms with E-state index in [4.69, 9.17) is 4.74 Å². The summed E-state index contributed by atoms with van der Waals surface area (Å²) in [6, 6.07) is 14.0. The summed E-state index contributed by atoms with van der Waals surface area (Å²) >= 11 is 3.32. The molecule has 1 unspecified atom stereocenters. The number of Topliss-reactive ketones (excluding diaryl/α,β-unsaturated/α-hetero) is 1. The maximum Gasteiger partial charge on any atom is 0.240 e. The van der Waals surface area contributed by atoms with Gasteiger partial charge in [-0.2, -0.15) is 0 Å². The van der Waals surface area contributed by atoms with Crippen molar-refractivity contribution in [3.05, 3.63) is 58.6 Å².